The van der Waals surface area contributed by atoms with E-state index >= 15 is 0 Å². The zero-order valence-corrected chi connectivity index (χ0v) is 9.34. The molecule has 0 atom stereocenters. The lowest BCUT2D eigenvalue weighted by Crippen LogP contribution is -2.24. The van der Waals surface area contributed by atoms with Gasteiger partial charge in [0.25, 0.3) is 0 Å². The molecule has 0 bridgehead atoms. The van der Waals surface area contributed by atoms with E-state index in [4.69, 9.17) is 22.1 Å². The number of halogens is 1. The highest BCUT2D eigenvalue weighted by atomic mass is 35.5. The molecule has 1 aliphatic carbocycles. The Hall–Kier alpha value is -0.930. The summed E-state index contributed by atoms with van der Waals surface area (Å²) >= 11 is 6.02. The Balaban J connectivity index is 2.29. The third-order valence-electron chi connectivity index (χ3n) is 2.78. The summed E-state index contributed by atoms with van der Waals surface area (Å²) in [5, 5.41) is 10.0. The van der Waals surface area contributed by atoms with Crippen LogP contribution in [0.2, 0.25) is 5.02 Å². The summed E-state index contributed by atoms with van der Waals surface area (Å²) in [5.74, 6) is 0.506. The van der Waals surface area contributed by atoms with Gasteiger partial charge in [-0.1, -0.05) is 11.6 Å². The van der Waals surface area contributed by atoms with E-state index in [2.05, 4.69) is 0 Å². The van der Waals surface area contributed by atoms with Crippen LogP contribution in [0.3, 0.4) is 0 Å². The first-order valence-corrected chi connectivity index (χ1v) is 5.26. The number of benzene rings is 1. The molecule has 4 heteroatoms. The molecule has 0 heterocycles. The van der Waals surface area contributed by atoms with Crippen LogP contribution in [0.5, 0.6) is 11.5 Å². The number of rotatable bonds is 3. The molecule has 15 heavy (non-hydrogen) atoms. The average molecular weight is 228 g/mol. The van der Waals surface area contributed by atoms with Crippen molar-refractivity contribution < 1.29 is 9.84 Å². The normalized spacial score (nSPS) is 17.5. The van der Waals surface area contributed by atoms with Crippen LogP contribution in [-0.4, -0.2) is 17.8 Å². The van der Waals surface area contributed by atoms with Gasteiger partial charge in [0.1, 0.15) is 0 Å². The van der Waals surface area contributed by atoms with Crippen molar-refractivity contribution in [3.8, 4) is 11.5 Å². The molecule has 0 saturated heterocycles. The number of aromatic hydroxyl groups is 1. The van der Waals surface area contributed by atoms with Crippen LogP contribution in [0.4, 0.5) is 0 Å². The molecular weight excluding hydrogens is 214 g/mol. The number of phenolic OH excluding ortho intramolecular Hbond substituents is 1. The first kappa shape index (κ1) is 10.6. The number of hydrogen-bond acceptors (Lipinski definition) is 3. The summed E-state index contributed by atoms with van der Waals surface area (Å²) in [7, 11) is 1.52. The number of ether oxygens (including phenoxy) is 1. The molecule has 3 nitrogen and oxygen atoms in total. The van der Waals surface area contributed by atoms with Crippen molar-refractivity contribution in [2.45, 2.75) is 24.8 Å². The predicted octanol–water partition coefficient (Wildman–Crippen LogP) is 2.09. The van der Waals surface area contributed by atoms with Crippen LogP contribution in [-0.2, 0) is 6.42 Å². The van der Waals surface area contributed by atoms with Crippen molar-refractivity contribution in [2.24, 2.45) is 5.73 Å². The zero-order chi connectivity index (χ0) is 11.1. The van der Waals surface area contributed by atoms with Gasteiger partial charge in [0.05, 0.1) is 7.11 Å². The molecule has 0 aromatic heterocycles. The van der Waals surface area contributed by atoms with Gasteiger partial charge in [0.2, 0.25) is 0 Å². The molecule has 0 aliphatic heterocycles. The van der Waals surface area contributed by atoms with Crippen molar-refractivity contribution in [3.05, 3.63) is 22.7 Å². The van der Waals surface area contributed by atoms with Gasteiger partial charge in [0, 0.05) is 16.6 Å². The number of nitrogens with two attached hydrogens (primary N) is 1. The van der Waals surface area contributed by atoms with Crippen molar-refractivity contribution in [1.82, 2.24) is 0 Å². The van der Waals surface area contributed by atoms with E-state index in [-0.39, 0.29) is 11.3 Å². The quantitative estimate of drug-likeness (QED) is 0.832. The highest BCUT2D eigenvalue weighted by Gasteiger charge is 2.38. The Morgan fingerprint density at radius 1 is 1.53 bits per heavy atom. The highest BCUT2D eigenvalue weighted by molar-refractivity contribution is 6.31. The van der Waals surface area contributed by atoms with Crippen molar-refractivity contribution >= 4 is 11.6 Å². The largest absolute Gasteiger partial charge is 0.504 e. The molecule has 1 aromatic carbocycles. The number of phenols is 1. The minimum Gasteiger partial charge on any atom is -0.504 e. The Kier molecular flexibility index (Phi) is 2.52. The molecule has 1 saturated carbocycles. The van der Waals surface area contributed by atoms with Crippen LogP contribution in [0.1, 0.15) is 18.4 Å². The second kappa shape index (κ2) is 3.58. The Bertz CT molecular complexity index is 388. The van der Waals surface area contributed by atoms with Crippen LogP contribution in [0.25, 0.3) is 0 Å². The Morgan fingerprint density at radius 3 is 2.73 bits per heavy atom. The topological polar surface area (TPSA) is 55.5 Å². The van der Waals surface area contributed by atoms with Crippen LogP contribution >= 0.6 is 11.6 Å². The molecular formula is C11H14ClNO2. The Labute approximate surface area is 93.8 Å². The van der Waals surface area contributed by atoms with Crippen LogP contribution in [0, 0.1) is 0 Å². The summed E-state index contributed by atoms with van der Waals surface area (Å²) in [5.41, 5.74) is 6.86. The molecule has 3 N–H and O–H groups in total. The van der Waals surface area contributed by atoms with Gasteiger partial charge in [-0.2, -0.15) is 0 Å². The molecule has 0 radical (unpaired) electrons. The van der Waals surface area contributed by atoms with E-state index in [0.29, 0.717) is 10.8 Å². The van der Waals surface area contributed by atoms with Gasteiger partial charge in [-0.25, -0.2) is 0 Å². The van der Waals surface area contributed by atoms with E-state index < -0.39 is 0 Å². The molecule has 2 rings (SSSR count). The summed E-state index contributed by atoms with van der Waals surface area (Å²) in [6.45, 7) is 0. The molecule has 1 aromatic rings. The second-order valence-electron chi connectivity index (χ2n) is 4.15. The summed E-state index contributed by atoms with van der Waals surface area (Å²) < 4.78 is 5.03. The van der Waals surface area contributed by atoms with Crippen molar-refractivity contribution in [1.29, 1.82) is 0 Å². The van der Waals surface area contributed by atoms with Crippen molar-refractivity contribution in [2.75, 3.05) is 7.11 Å². The van der Waals surface area contributed by atoms with Crippen molar-refractivity contribution in [3.63, 3.8) is 0 Å². The fraction of sp³-hybridized carbons (Fsp3) is 0.455. The molecule has 0 spiro atoms. The van der Waals surface area contributed by atoms with E-state index in [1.165, 1.54) is 13.2 Å². The van der Waals surface area contributed by atoms with Crippen LogP contribution in [0.15, 0.2) is 12.1 Å². The lowest BCUT2D eigenvalue weighted by Gasteiger charge is -2.12. The van der Waals surface area contributed by atoms with Crippen LogP contribution < -0.4 is 10.5 Å². The predicted molar refractivity (Wildman–Crippen MR) is 59.5 cm³/mol. The standard InChI is InChI=1S/C11H14ClNO2/c1-15-10-4-7(6-11(13)2-3-11)8(12)5-9(10)14/h4-5,14H,2-3,6,13H2,1H3. The minimum absolute atomic E-state index is 0.0631. The monoisotopic (exact) mass is 227 g/mol. The summed E-state index contributed by atoms with van der Waals surface area (Å²) in [6, 6.07) is 3.26. The first-order chi connectivity index (χ1) is 7.04. The van der Waals surface area contributed by atoms with Gasteiger partial charge in [-0.3, -0.25) is 0 Å². The van der Waals surface area contributed by atoms with E-state index in [1.807, 2.05) is 0 Å². The molecule has 0 amide bonds. The fourth-order valence-corrected chi connectivity index (χ4v) is 1.83. The third-order valence-corrected chi connectivity index (χ3v) is 3.13. The van der Waals surface area contributed by atoms with E-state index in [0.717, 1.165) is 24.8 Å². The van der Waals surface area contributed by atoms with E-state index in [9.17, 15) is 5.11 Å². The minimum atomic E-state index is -0.0916. The highest BCUT2D eigenvalue weighted by Crippen LogP contribution is 2.40. The molecule has 1 fully saturated rings. The lowest BCUT2D eigenvalue weighted by atomic mass is 10.0. The van der Waals surface area contributed by atoms with Gasteiger partial charge in [-0.15, -0.1) is 0 Å². The lowest BCUT2D eigenvalue weighted by molar-refractivity contribution is 0.373. The zero-order valence-electron chi connectivity index (χ0n) is 8.59. The SMILES string of the molecule is COc1cc(CC2(N)CC2)c(Cl)cc1O. The molecule has 82 valence electrons. The first-order valence-electron chi connectivity index (χ1n) is 4.88. The smallest absolute Gasteiger partial charge is 0.160 e. The maximum Gasteiger partial charge on any atom is 0.160 e. The number of hydrogen-bond donors (Lipinski definition) is 2. The second-order valence-corrected chi connectivity index (χ2v) is 4.56. The van der Waals surface area contributed by atoms with Gasteiger partial charge in [0.15, 0.2) is 11.5 Å². The summed E-state index contributed by atoms with van der Waals surface area (Å²) in [4.78, 5) is 0. The fourth-order valence-electron chi connectivity index (χ4n) is 1.60. The van der Waals surface area contributed by atoms with Gasteiger partial charge < -0.3 is 15.6 Å². The summed E-state index contributed by atoms with van der Waals surface area (Å²) in [6.07, 6.45) is 2.81. The number of methoxy groups -OCH3 is 1. The van der Waals surface area contributed by atoms with E-state index in [1.54, 1.807) is 6.07 Å². The average Bonchev–Trinajstić information content (AvgIpc) is 2.89. The third kappa shape index (κ3) is 2.19. The van der Waals surface area contributed by atoms with Gasteiger partial charge in [-0.05, 0) is 30.9 Å². The maximum atomic E-state index is 9.49. The van der Waals surface area contributed by atoms with Gasteiger partial charge >= 0.3 is 0 Å². The maximum absolute atomic E-state index is 9.49. The Morgan fingerprint density at radius 2 is 2.20 bits per heavy atom. The molecule has 0 unspecified atom stereocenters. The molecule has 1 aliphatic rings.